The minimum Gasteiger partial charge on any atom is -0.459 e. The highest BCUT2D eigenvalue weighted by Gasteiger charge is 2.21. The highest BCUT2D eigenvalue weighted by molar-refractivity contribution is 7.89. The van der Waals surface area contributed by atoms with Gasteiger partial charge in [-0.15, -0.1) is 0 Å². The minimum absolute atomic E-state index is 0.226. The molecule has 0 saturated carbocycles. The molecular formula is C12H16N2O6S. The Balaban J connectivity index is 3.20. The van der Waals surface area contributed by atoms with E-state index < -0.39 is 31.5 Å². The van der Waals surface area contributed by atoms with Gasteiger partial charge >= 0.3 is 5.97 Å². The lowest BCUT2D eigenvalue weighted by atomic mass is 10.2. The number of nitrogens with two attached hydrogens (primary N) is 1. The van der Waals surface area contributed by atoms with Gasteiger partial charge in [0.2, 0.25) is 10.0 Å². The highest BCUT2D eigenvalue weighted by Crippen LogP contribution is 2.21. The summed E-state index contributed by atoms with van der Waals surface area (Å²) in [6.07, 6.45) is 1.05. The van der Waals surface area contributed by atoms with Crippen LogP contribution in [0.1, 0.15) is 37.0 Å². The summed E-state index contributed by atoms with van der Waals surface area (Å²) in [6.45, 7) is 3.59. The summed E-state index contributed by atoms with van der Waals surface area (Å²) in [7, 11) is -4.17. The third-order valence-corrected chi connectivity index (χ3v) is 3.56. The molecule has 0 amide bonds. The van der Waals surface area contributed by atoms with Crippen LogP contribution in [0.4, 0.5) is 5.69 Å². The van der Waals surface area contributed by atoms with E-state index in [0.29, 0.717) is 6.42 Å². The second kappa shape index (κ2) is 6.64. The summed E-state index contributed by atoms with van der Waals surface area (Å²) >= 11 is 0. The number of sulfonamides is 1. The zero-order valence-corrected chi connectivity index (χ0v) is 12.4. The quantitative estimate of drug-likeness (QED) is 0.482. The number of nitro groups is 1. The van der Waals surface area contributed by atoms with E-state index in [1.165, 1.54) is 0 Å². The molecule has 0 radical (unpaired) electrons. The summed E-state index contributed by atoms with van der Waals surface area (Å²) in [5.41, 5.74) is -0.771. The molecule has 21 heavy (non-hydrogen) atoms. The van der Waals surface area contributed by atoms with Crippen molar-refractivity contribution < 1.29 is 22.9 Å². The van der Waals surface area contributed by atoms with Gasteiger partial charge < -0.3 is 4.74 Å². The maximum Gasteiger partial charge on any atom is 0.338 e. The Labute approximate surface area is 122 Å². The van der Waals surface area contributed by atoms with Crippen LogP contribution in [0.5, 0.6) is 0 Å². The van der Waals surface area contributed by atoms with Gasteiger partial charge in [-0.3, -0.25) is 10.1 Å². The van der Waals surface area contributed by atoms with Crippen LogP contribution < -0.4 is 5.14 Å². The number of ether oxygens (including phenoxy) is 1. The normalized spacial score (nSPS) is 12.7. The number of non-ortho nitro benzene ring substituents is 1. The molecule has 2 N–H and O–H groups in total. The third kappa shape index (κ3) is 4.80. The van der Waals surface area contributed by atoms with Gasteiger partial charge in [0.05, 0.1) is 21.5 Å². The first kappa shape index (κ1) is 17.1. The largest absolute Gasteiger partial charge is 0.459 e. The van der Waals surface area contributed by atoms with Crippen molar-refractivity contribution in [2.24, 2.45) is 5.14 Å². The summed E-state index contributed by atoms with van der Waals surface area (Å²) in [5, 5.41) is 15.7. The van der Waals surface area contributed by atoms with Gasteiger partial charge in [0.25, 0.3) is 5.69 Å². The summed E-state index contributed by atoms with van der Waals surface area (Å²) in [6, 6.07) is 2.71. The fourth-order valence-corrected chi connectivity index (χ4v) is 2.26. The Morgan fingerprint density at radius 1 is 1.43 bits per heavy atom. The molecule has 116 valence electrons. The Hall–Kier alpha value is -2.00. The third-order valence-electron chi connectivity index (χ3n) is 2.67. The molecule has 1 aromatic rings. The van der Waals surface area contributed by atoms with Crippen molar-refractivity contribution in [2.45, 2.75) is 37.7 Å². The standard InChI is InChI=1S/C12H16N2O6S/c1-3-4-8(2)20-12(15)9-5-10(14(16)17)7-11(6-9)21(13,18)19/h5-8H,3-4H2,1-2H3,(H2,13,18,19). The van der Waals surface area contributed by atoms with Crippen LogP contribution >= 0.6 is 0 Å². The van der Waals surface area contributed by atoms with Crippen LogP contribution in [-0.4, -0.2) is 25.4 Å². The number of esters is 1. The van der Waals surface area contributed by atoms with E-state index in [-0.39, 0.29) is 11.7 Å². The van der Waals surface area contributed by atoms with Crippen molar-refractivity contribution in [1.29, 1.82) is 0 Å². The molecule has 0 spiro atoms. The zero-order chi connectivity index (χ0) is 16.2. The molecule has 1 aromatic carbocycles. The molecular weight excluding hydrogens is 300 g/mol. The van der Waals surface area contributed by atoms with Crippen LogP contribution in [0.3, 0.4) is 0 Å². The van der Waals surface area contributed by atoms with E-state index in [1.807, 2.05) is 6.92 Å². The number of hydrogen-bond donors (Lipinski definition) is 1. The van der Waals surface area contributed by atoms with Crippen molar-refractivity contribution in [1.82, 2.24) is 0 Å². The number of benzene rings is 1. The number of carbonyl (C=O) groups excluding carboxylic acids is 1. The smallest absolute Gasteiger partial charge is 0.338 e. The van der Waals surface area contributed by atoms with Crippen LogP contribution in [0.2, 0.25) is 0 Å². The second-order valence-electron chi connectivity index (χ2n) is 4.52. The SMILES string of the molecule is CCCC(C)OC(=O)c1cc([N+](=O)[O-])cc(S(N)(=O)=O)c1. The number of nitrogens with zero attached hydrogens (tertiary/aromatic N) is 1. The monoisotopic (exact) mass is 316 g/mol. The number of rotatable bonds is 6. The molecule has 0 bridgehead atoms. The molecule has 0 saturated heterocycles. The van der Waals surface area contributed by atoms with Gasteiger partial charge in [0.15, 0.2) is 0 Å². The first-order valence-corrected chi connectivity index (χ1v) is 7.73. The van der Waals surface area contributed by atoms with Crippen LogP contribution in [0.15, 0.2) is 23.1 Å². The lowest BCUT2D eigenvalue weighted by Gasteiger charge is -2.12. The van der Waals surface area contributed by atoms with Crippen molar-refractivity contribution >= 4 is 21.7 Å². The lowest BCUT2D eigenvalue weighted by Crippen LogP contribution is -2.17. The summed E-state index contributed by atoms with van der Waals surface area (Å²) < 4.78 is 27.7. The maximum atomic E-state index is 11.9. The van der Waals surface area contributed by atoms with E-state index in [2.05, 4.69) is 0 Å². The van der Waals surface area contributed by atoms with Gasteiger partial charge in [-0.25, -0.2) is 18.4 Å². The molecule has 0 aliphatic heterocycles. The molecule has 0 aliphatic carbocycles. The molecule has 8 nitrogen and oxygen atoms in total. The first-order valence-electron chi connectivity index (χ1n) is 6.18. The minimum atomic E-state index is -4.17. The van der Waals surface area contributed by atoms with Crippen molar-refractivity contribution in [2.75, 3.05) is 0 Å². The Morgan fingerprint density at radius 2 is 2.05 bits per heavy atom. The molecule has 0 aromatic heterocycles. The summed E-state index contributed by atoms with van der Waals surface area (Å²) in [5.74, 6) is -0.829. The molecule has 0 heterocycles. The average molecular weight is 316 g/mol. The first-order chi connectivity index (χ1) is 9.65. The van der Waals surface area contributed by atoms with E-state index in [1.54, 1.807) is 6.92 Å². The summed E-state index contributed by atoms with van der Waals surface area (Å²) in [4.78, 5) is 21.4. The molecule has 0 aliphatic rings. The van der Waals surface area contributed by atoms with Crippen LogP contribution in [0, 0.1) is 10.1 Å². The van der Waals surface area contributed by atoms with E-state index in [9.17, 15) is 23.3 Å². The number of nitro benzene ring substituents is 1. The number of primary sulfonamides is 1. The van der Waals surface area contributed by atoms with Crippen molar-refractivity contribution in [3.8, 4) is 0 Å². The van der Waals surface area contributed by atoms with Crippen LogP contribution in [-0.2, 0) is 14.8 Å². The fourth-order valence-electron chi connectivity index (χ4n) is 1.69. The topological polar surface area (TPSA) is 130 Å². The van der Waals surface area contributed by atoms with Crippen molar-refractivity contribution in [3.63, 3.8) is 0 Å². The Bertz CT molecular complexity index is 656. The van der Waals surface area contributed by atoms with Crippen LogP contribution in [0.25, 0.3) is 0 Å². The predicted molar refractivity (Wildman–Crippen MR) is 74.3 cm³/mol. The molecule has 9 heteroatoms. The molecule has 0 fully saturated rings. The average Bonchev–Trinajstić information content (AvgIpc) is 2.37. The van der Waals surface area contributed by atoms with Gasteiger partial charge in [-0.2, -0.15) is 0 Å². The molecule has 1 rings (SSSR count). The maximum absolute atomic E-state index is 11.9. The highest BCUT2D eigenvalue weighted by atomic mass is 32.2. The molecule has 1 atom stereocenters. The van der Waals surface area contributed by atoms with E-state index >= 15 is 0 Å². The fraction of sp³-hybridized carbons (Fsp3) is 0.417. The molecule has 1 unspecified atom stereocenters. The predicted octanol–water partition coefficient (Wildman–Crippen LogP) is 1.59. The lowest BCUT2D eigenvalue weighted by molar-refractivity contribution is -0.385. The second-order valence-corrected chi connectivity index (χ2v) is 6.08. The number of hydrogen-bond acceptors (Lipinski definition) is 6. The van der Waals surface area contributed by atoms with E-state index in [4.69, 9.17) is 9.88 Å². The zero-order valence-electron chi connectivity index (χ0n) is 11.6. The van der Waals surface area contributed by atoms with Gasteiger partial charge in [0.1, 0.15) is 0 Å². The van der Waals surface area contributed by atoms with Gasteiger partial charge in [0, 0.05) is 12.1 Å². The van der Waals surface area contributed by atoms with E-state index in [0.717, 1.165) is 24.6 Å². The Morgan fingerprint density at radius 3 is 2.52 bits per heavy atom. The Kier molecular flexibility index (Phi) is 5.39. The van der Waals surface area contributed by atoms with Gasteiger partial charge in [-0.05, 0) is 19.4 Å². The number of carbonyl (C=O) groups is 1. The van der Waals surface area contributed by atoms with Gasteiger partial charge in [-0.1, -0.05) is 13.3 Å². The van der Waals surface area contributed by atoms with Crippen molar-refractivity contribution in [3.05, 3.63) is 33.9 Å².